The SMILES string of the molecule is CC(C)(ON=C(C(=O)N[C@@H]1C(=O)N(S(=O)(=O)O)[C@@H]1CNS(=O)(=O)c1cccc(C(=O)NCc2cc(O)cc(=O)n2O)c1)c1csc(N)n1)C(=O)O. The second-order valence-electron chi connectivity index (χ2n) is 11.0. The number of aliphatic carboxylic acids is 1. The molecule has 2 aromatic heterocycles. The molecule has 2 atom stereocenters. The van der Waals surface area contributed by atoms with Crippen molar-refractivity contribution in [2.45, 2.75) is 43.0 Å². The van der Waals surface area contributed by atoms with Gasteiger partial charge in [0.2, 0.25) is 15.6 Å². The number of oxime groups is 1. The van der Waals surface area contributed by atoms with Crippen molar-refractivity contribution in [3.63, 3.8) is 0 Å². The van der Waals surface area contributed by atoms with Gasteiger partial charge in [-0.05, 0) is 32.0 Å². The molecule has 0 bridgehead atoms. The Kier molecular flexibility index (Phi) is 10.7. The van der Waals surface area contributed by atoms with Crippen LogP contribution in [0.3, 0.4) is 0 Å². The molecule has 0 aliphatic carbocycles. The monoisotopic (exact) mass is 772 g/mol. The van der Waals surface area contributed by atoms with E-state index in [0.717, 1.165) is 49.4 Å². The minimum Gasteiger partial charge on any atom is -0.508 e. The summed E-state index contributed by atoms with van der Waals surface area (Å²) in [6.07, 6.45) is 0. The summed E-state index contributed by atoms with van der Waals surface area (Å²) in [7, 11) is -9.88. The molecule has 4 rings (SSSR count). The Balaban J connectivity index is 1.52. The van der Waals surface area contributed by atoms with Crippen LogP contribution in [0, 0.1) is 0 Å². The molecule has 0 saturated carbocycles. The highest BCUT2D eigenvalue weighted by molar-refractivity contribution is 7.89. The van der Waals surface area contributed by atoms with Crippen molar-refractivity contribution < 1.29 is 60.8 Å². The van der Waals surface area contributed by atoms with Crippen LogP contribution in [0.1, 0.15) is 35.6 Å². The number of nitrogen functional groups attached to an aromatic ring is 1. The highest BCUT2D eigenvalue weighted by atomic mass is 32.2. The van der Waals surface area contributed by atoms with Crippen LogP contribution in [0.2, 0.25) is 0 Å². The number of nitrogens with zero attached hydrogens (tertiary/aromatic N) is 4. The smallest absolute Gasteiger partial charge is 0.362 e. The number of benzene rings is 1. The van der Waals surface area contributed by atoms with Crippen LogP contribution >= 0.6 is 11.3 Å². The van der Waals surface area contributed by atoms with Crippen LogP contribution in [0.4, 0.5) is 5.13 Å². The number of β-lactam (4-membered cyclic amide) rings is 1. The highest BCUT2D eigenvalue weighted by Gasteiger charge is 2.54. The number of anilines is 1. The van der Waals surface area contributed by atoms with E-state index in [9.17, 15) is 60.8 Å². The van der Waals surface area contributed by atoms with Crippen molar-refractivity contribution in [1.29, 1.82) is 0 Å². The van der Waals surface area contributed by atoms with Crippen LogP contribution in [-0.2, 0) is 46.1 Å². The number of hydrogen-bond acceptors (Lipinski definition) is 16. The number of carbonyl (C=O) groups excluding carboxylic acids is 3. The zero-order valence-corrected chi connectivity index (χ0v) is 28.5. The molecule has 9 N–H and O–H groups in total. The van der Waals surface area contributed by atoms with E-state index in [1.54, 1.807) is 0 Å². The van der Waals surface area contributed by atoms with E-state index in [1.807, 2.05) is 4.72 Å². The molecule has 1 fully saturated rings. The fourth-order valence-electron chi connectivity index (χ4n) is 4.26. The number of carbonyl (C=O) groups is 4. The number of nitrogens with one attached hydrogen (secondary N) is 3. The summed E-state index contributed by atoms with van der Waals surface area (Å²) in [5, 5.41) is 37.9. The first-order valence-corrected chi connectivity index (χ1v) is 17.7. The van der Waals surface area contributed by atoms with Gasteiger partial charge in [0.25, 0.3) is 23.3 Å². The molecule has 1 aromatic carbocycles. The lowest BCUT2D eigenvalue weighted by atomic mass is 9.98. The summed E-state index contributed by atoms with van der Waals surface area (Å²) in [4.78, 5) is 70.2. The standard InChI is InChI=1S/C26H28N8O14S3/c1-26(2,24(40)41)48-32-19(16-11-49-25(27)30-16)22(38)31-20-17(34(23(20)39)51(45,46)47)10-29-50(43,44)15-5-3-4-12(6-15)21(37)28-9-13-7-14(35)8-18(36)33(13)42/h3-8,11,17,20,29,35,42H,9-10H2,1-2H3,(H2,27,30)(H,28,37)(H,31,38)(H,40,41)(H,45,46,47)/t17-,20+/m1/s1. The zero-order chi connectivity index (χ0) is 38.1. The number of rotatable bonds is 14. The van der Waals surface area contributed by atoms with Gasteiger partial charge in [-0.25, -0.2) is 27.2 Å². The lowest BCUT2D eigenvalue weighted by molar-refractivity contribution is -0.161. The third kappa shape index (κ3) is 8.58. The largest absolute Gasteiger partial charge is 0.508 e. The first-order valence-electron chi connectivity index (χ1n) is 14.0. The minimum atomic E-state index is -5.29. The second-order valence-corrected chi connectivity index (χ2v) is 14.9. The molecule has 0 spiro atoms. The van der Waals surface area contributed by atoms with Crippen molar-refractivity contribution in [3.8, 4) is 5.75 Å². The van der Waals surface area contributed by atoms with Crippen LogP contribution < -0.4 is 26.6 Å². The van der Waals surface area contributed by atoms with E-state index in [1.165, 1.54) is 17.5 Å². The number of carboxylic acid groups (broad SMARTS) is 1. The molecular formula is C26H28N8O14S3. The average molecular weight is 773 g/mol. The predicted octanol–water partition coefficient (Wildman–Crippen LogP) is -2.18. The van der Waals surface area contributed by atoms with Gasteiger partial charge < -0.3 is 36.6 Å². The molecule has 1 aliphatic rings. The third-order valence-electron chi connectivity index (χ3n) is 6.95. The second kappa shape index (κ2) is 14.3. The van der Waals surface area contributed by atoms with E-state index in [0.29, 0.717) is 0 Å². The summed E-state index contributed by atoms with van der Waals surface area (Å²) in [5.74, 6) is -5.44. The third-order valence-corrected chi connectivity index (χ3v) is 9.99. The van der Waals surface area contributed by atoms with Gasteiger partial charge in [0, 0.05) is 29.6 Å². The quantitative estimate of drug-likeness (QED) is 0.0284. The number of aromatic nitrogens is 2. The molecule has 0 radical (unpaired) electrons. The number of hydrogen-bond donors (Lipinski definition) is 8. The maximum Gasteiger partial charge on any atom is 0.362 e. The fraction of sp³-hybridized carbons (Fsp3) is 0.269. The minimum absolute atomic E-state index is 0.0401. The maximum atomic E-state index is 13.3. The lowest BCUT2D eigenvalue weighted by Gasteiger charge is -2.44. The van der Waals surface area contributed by atoms with E-state index >= 15 is 0 Å². The fourth-order valence-corrected chi connectivity index (χ4v) is 6.78. The summed E-state index contributed by atoms with van der Waals surface area (Å²) >= 11 is 0.861. The number of sulfonamides is 1. The van der Waals surface area contributed by atoms with Crippen molar-refractivity contribution in [3.05, 3.63) is 69.1 Å². The summed E-state index contributed by atoms with van der Waals surface area (Å²) in [5.41, 5.74) is 1.36. The Morgan fingerprint density at radius 1 is 1.14 bits per heavy atom. The number of amides is 3. The first kappa shape index (κ1) is 38.2. The van der Waals surface area contributed by atoms with Crippen LogP contribution in [0.15, 0.2) is 56.6 Å². The molecule has 22 nitrogen and oxygen atoms in total. The first-order chi connectivity index (χ1) is 23.6. The molecule has 274 valence electrons. The van der Waals surface area contributed by atoms with Gasteiger partial charge in [-0.15, -0.1) is 11.3 Å². The molecule has 25 heteroatoms. The number of thiazole rings is 1. The summed E-state index contributed by atoms with van der Waals surface area (Å²) in [6, 6.07) is 2.55. The molecule has 3 aromatic rings. The Morgan fingerprint density at radius 3 is 2.43 bits per heavy atom. The van der Waals surface area contributed by atoms with Crippen LogP contribution in [0.5, 0.6) is 5.75 Å². The topological polar surface area (TPSA) is 339 Å². The summed E-state index contributed by atoms with van der Waals surface area (Å²) in [6.45, 7) is 0.841. The van der Waals surface area contributed by atoms with E-state index < -0.39 is 96.7 Å². The number of aromatic hydroxyl groups is 1. The van der Waals surface area contributed by atoms with E-state index in [4.69, 9.17) is 10.6 Å². The molecule has 0 unspecified atom stereocenters. The molecule has 3 amide bonds. The Labute approximate surface area is 291 Å². The number of carboxylic acids is 1. The maximum absolute atomic E-state index is 13.3. The van der Waals surface area contributed by atoms with Crippen LogP contribution in [0.25, 0.3) is 0 Å². The molecule has 1 saturated heterocycles. The van der Waals surface area contributed by atoms with Gasteiger partial charge in [0.15, 0.2) is 10.8 Å². The van der Waals surface area contributed by atoms with E-state index in [2.05, 4.69) is 20.8 Å². The Morgan fingerprint density at radius 2 is 1.82 bits per heavy atom. The average Bonchev–Trinajstić information content (AvgIpc) is 3.47. The summed E-state index contributed by atoms with van der Waals surface area (Å²) < 4.78 is 62.2. The van der Waals surface area contributed by atoms with Gasteiger partial charge in [-0.3, -0.25) is 23.7 Å². The zero-order valence-electron chi connectivity index (χ0n) is 26.1. The van der Waals surface area contributed by atoms with Crippen molar-refractivity contribution in [1.82, 2.24) is 29.4 Å². The lowest BCUT2D eigenvalue weighted by Crippen LogP contribution is -2.74. The van der Waals surface area contributed by atoms with Crippen molar-refractivity contribution in [2.75, 3.05) is 12.3 Å². The van der Waals surface area contributed by atoms with Gasteiger partial charge in [0.1, 0.15) is 17.5 Å². The Hall–Kier alpha value is -5.63. The van der Waals surface area contributed by atoms with Gasteiger partial charge in [-0.2, -0.15) is 13.1 Å². The molecule has 1 aliphatic heterocycles. The van der Waals surface area contributed by atoms with Gasteiger partial charge in [-0.1, -0.05) is 11.2 Å². The highest BCUT2D eigenvalue weighted by Crippen LogP contribution is 2.25. The number of pyridine rings is 1. The normalized spacial score (nSPS) is 16.6. The van der Waals surface area contributed by atoms with Crippen molar-refractivity contribution in [2.24, 2.45) is 5.16 Å². The predicted molar refractivity (Wildman–Crippen MR) is 172 cm³/mol. The van der Waals surface area contributed by atoms with Crippen LogP contribution in [-0.4, -0.2) is 104 Å². The molecule has 51 heavy (non-hydrogen) atoms. The number of nitrogens with two attached hydrogens (primary N) is 1. The van der Waals surface area contributed by atoms with E-state index in [-0.39, 0.29) is 31.1 Å². The van der Waals surface area contributed by atoms with Gasteiger partial charge in [0.05, 0.1) is 23.2 Å². The molecular weight excluding hydrogens is 745 g/mol. The van der Waals surface area contributed by atoms with Gasteiger partial charge >= 0.3 is 16.3 Å². The van der Waals surface area contributed by atoms with Crippen molar-refractivity contribution >= 4 is 66.2 Å². The Bertz CT molecular complexity index is 2220. The molecule has 3 heterocycles.